The van der Waals surface area contributed by atoms with Crippen LogP contribution in [0.2, 0.25) is 0 Å². The fraction of sp³-hybridized carbons (Fsp3) is 0.261. The number of hydrogen-bond acceptors (Lipinski definition) is 0. The van der Waals surface area contributed by atoms with E-state index in [1.807, 2.05) is 12.1 Å². The van der Waals surface area contributed by atoms with Gasteiger partial charge in [-0.25, -0.2) is 0 Å². The van der Waals surface area contributed by atoms with Gasteiger partial charge in [-0.05, 0) is 0 Å². The Labute approximate surface area is 160 Å². The molecule has 0 aliphatic heterocycles. The van der Waals surface area contributed by atoms with E-state index in [2.05, 4.69) is 18.2 Å². The zero-order valence-electron chi connectivity index (χ0n) is 14.6. The zero-order chi connectivity index (χ0) is 17.7. The molecule has 0 nitrogen and oxygen atoms in total. The third-order valence-electron chi connectivity index (χ3n) is 5.87. The van der Waals surface area contributed by atoms with Gasteiger partial charge in [0.25, 0.3) is 0 Å². The quantitative estimate of drug-likeness (QED) is 0.518. The van der Waals surface area contributed by atoms with Gasteiger partial charge in [0, 0.05) is 0 Å². The van der Waals surface area contributed by atoms with E-state index in [0.717, 1.165) is 29.5 Å². The Bertz CT molecular complexity index is 1000. The van der Waals surface area contributed by atoms with Gasteiger partial charge in [0.2, 0.25) is 0 Å². The molecule has 0 aromatic heterocycles. The third kappa shape index (κ3) is 2.76. The van der Waals surface area contributed by atoms with E-state index >= 15 is 0 Å². The van der Waals surface area contributed by atoms with E-state index in [-0.39, 0.29) is 11.6 Å². The molecular formula is C23H20F2Zr. The van der Waals surface area contributed by atoms with Gasteiger partial charge in [-0.15, -0.1) is 0 Å². The predicted molar refractivity (Wildman–Crippen MR) is 99.5 cm³/mol. The first kappa shape index (κ1) is 16.7. The van der Waals surface area contributed by atoms with Crippen molar-refractivity contribution in [2.45, 2.75) is 38.5 Å². The van der Waals surface area contributed by atoms with Gasteiger partial charge < -0.3 is 0 Å². The molecule has 3 aliphatic carbocycles. The molecule has 1 saturated carbocycles. The fourth-order valence-corrected chi connectivity index (χ4v) is 13.1. The van der Waals surface area contributed by atoms with Gasteiger partial charge in [0.15, 0.2) is 0 Å². The van der Waals surface area contributed by atoms with Crippen molar-refractivity contribution in [2.75, 3.05) is 0 Å². The van der Waals surface area contributed by atoms with Crippen LogP contribution < -0.4 is 3.27 Å². The molecule has 1 fully saturated rings. The van der Waals surface area contributed by atoms with Crippen LogP contribution in [0.5, 0.6) is 0 Å². The van der Waals surface area contributed by atoms with Crippen molar-refractivity contribution in [1.29, 1.82) is 0 Å². The average Bonchev–Trinajstić information content (AvgIpc) is 3.36. The first-order chi connectivity index (χ1) is 12.7. The Morgan fingerprint density at radius 3 is 2.46 bits per heavy atom. The summed E-state index contributed by atoms with van der Waals surface area (Å²) in [6, 6.07) is 8.41. The second-order valence-electron chi connectivity index (χ2n) is 7.47. The molecule has 0 saturated heterocycles. The Morgan fingerprint density at radius 1 is 0.885 bits per heavy atom. The van der Waals surface area contributed by atoms with Crippen LogP contribution in [0, 0.1) is 11.6 Å². The minimum atomic E-state index is -2.25. The summed E-state index contributed by atoms with van der Waals surface area (Å²) in [5.41, 5.74) is 4.22. The molecule has 130 valence electrons. The van der Waals surface area contributed by atoms with Crippen molar-refractivity contribution in [1.82, 2.24) is 0 Å². The van der Waals surface area contributed by atoms with Crippen molar-refractivity contribution in [3.05, 3.63) is 74.6 Å². The first-order valence-electron chi connectivity index (χ1n) is 9.40. The second-order valence-corrected chi connectivity index (χ2v) is 14.0. The van der Waals surface area contributed by atoms with Crippen LogP contribution in [-0.4, -0.2) is 3.21 Å². The summed E-state index contributed by atoms with van der Waals surface area (Å²) in [5, 5.41) is 0. The maximum atomic E-state index is 14.6. The standard InChI is InChI=1S/C13H7F2.C5H8.C5H5.Zr/c14-10-3-1-8-5-9-2-4-11(15)7-13(9)12(8)6-10;2*1-2-4-5-3-1;/h1,3-4,6-7H,5H2;1-4H2;1-3H,4H2;. The third-order valence-corrected chi connectivity index (χ3v) is 13.7. The number of hydrogen-bond donors (Lipinski definition) is 0. The topological polar surface area (TPSA) is 0 Å². The van der Waals surface area contributed by atoms with Crippen LogP contribution in [0.3, 0.4) is 0 Å². The van der Waals surface area contributed by atoms with Crippen molar-refractivity contribution >= 4 is 6.48 Å². The van der Waals surface area contributed by atoms with E-state index in [0.29, 0.717) is 0 Å². The van der Waals surface area contributed by atoms with Crippen LogP contribution in [0.4, 0.5) is 8.78 Å². The molecule has 0 radical (unpaired) electrons. The molecule has 0 spiro atoms. The van der Waals surface area contributed by atoms with Crippen molar-refractivity contribution in [3.63, 3.8) is 0 Å². The van der Waals surface area contributed by atoms with Crippen LogP contribution in [0.25, 0.3) is 11.1 Å². The van der Waals surface area contributed by atoms with Crippen molar-refractivity contribution in [2.24, 2.45) is 0 Å². The number of rotatable bonds is 2. The molecule has 0 atom stereocenters. The monoisotopic (exact) mass is 424 g/mol. The number of benzene rings is 2. The Balaban J connectivity index is 1.74. The maximum absolute atomic E-state index is 14.6. The molecule has 26 heavy (non-hydrogen) atoms. The SMILES string of the molecule is Fc1ccc2c(c1)-c1cc(F)c[c]([Zr]([C]3=CC=CC3)=[C]3CCCC3)c1C2. The molecule has 3 heteroatoms. The molecule has 2 aromatic carbocycles. The normalized spacial score (nSPS) is 17.5. The molecular weight excluding hydrogens is 405 g/mol. The Kier molecular flexibility index (Phi) is 4.24. The van der Waals surface area contributed by atoms with Crippen molar-refractivity contribution < 1.29 is 30.0 Å². The summed E-state index contributed by atoms with van der Waals surface area (Å²) in [6.45, 7) is 0. The van der Waals surface area contributed by atoms with E-state index in [9.17, 15) is 8.78 Å². The molecule has 0 N–H and O–H groups in total. The molecule has 0 amide bonds. The summed E-state index contributed by atoms with van der Waals surface area (Å²) in [6.07, 6.45) is 13.5. The van der Waals surface area contributed by atoms with Gasteiger partial charge in [0.1, 0.15) is 0 Å². The summed E-state index contributed by atoms with van der Waals surface area (Å²) < 4.78 is 33.0. The minimum absolute atomic E-state index is 0.167. The fourth-order valence-electron chi connectivity index (χ4n) is 4.71. The first-order valence-corrected chi connectivity index (χ1v) is 13.1. The molecule has 0 heterocycles. The van der Waals surface area contributed by atoms with Gasteiger partial charge in [-0.2, -0.15) is 0 Å². The van der Waals surface area contributed by atoms with Gasteiger partial charge in [-0.1, -0.05) is 0 Å². The van der Waals surface area contributed by atoms with Crippen LogP contribution in [-0.2, 0) is 27.7 Å². The van der Waals surface area contributed by atoms with Gasteiger partial charge in [0.05, 0.1) is 0 Å². The summed E-state index contributed by atoms with van der Waals surface area (Å²) in [7, 11) is 0. The Morgan fingerprint density at radius 2 is 1.69 bits per heavy atom. The van der Waals surface area contributed by atoms with Gasteiger partial charge in [-0.3, -0.25) is 0 Å². The Hall–Kier alpha value is -1.47. The molecule has 2 aromatic rings. The van der Waals surface area contributed by atoms with Gasteiger partial charge >= 0.3 is 161 Å². The number of halogens is 2. The molecule has 0 bridgehead atoms. The summed E-state index contributed by atoms with van der Waals surface area (Å²) >= 11 is -2.25. The van der Waals surface area contributed by atoms with Crippen molar-refractivity contribution in [3.8, 4) is 11.1 Å². The van der Waals surface area contributed by atoms with E-state index < -0.39 is 21.3 Å². The number of allylic oxidation sites excluding steroid dienone is 4. The summed E-state index contributed by atoms with van der Waals surface area (Å²) in [4.78, 5) is 0. The number of fused-ring (bicyclic) bond motifs is 3. The summed E-state index contributed by atoms with van der Waals surface area (Å²) in [5.74, 6) is -0.409. The molecule has 0 unspecified atom stereocenters. The molecule has 5 rings (SSSR count). The van der Waals surface area contributed by atoms with Crippen LogP contribution in [0.1, 0.15) is 43.2 Å². The van der Waals surface area contributed by atoms with E-state index in [1.54, 1.807) is 18.6 Å². The van der Waals surface area contributed by atoms with Crippen LogP contribution >= 0.6 is 0 Å². The zero-order valence-corrected chi connectivity index (χ0v) is 17.1. The van der Waals surface area contributed by atoms with E-state index in [4.69, 9.17) is 0 Å². The predicted octanol–water partition coefficient (Wildman–Crippen LogP) is 5.37. The average molecular weight is 426 g/mol. The molecule has 3 aliphatic rings. The van der Waals surface area contributed by atoms with E-state index in [1.165, 1.54) is 40.6 Å². The second kappa shape index (κ2) is 6.60. The van der Waals surface area contributed by atoms with Crippen LogP contribution in [0.15, 0.2) is 51.8 Å².